The molecule has 0 heterocycles. The summed E-state index contributed by atoms with van der Waals surface area (Å²) >= 11 is 0. The van der Waals surface area contributed by atoms with Crippen LogP contribution < -0.4 is 15.4 Å². The number of nitrogens with zero attached hydrogens (tertiary/aromatic N) is 1. The van der Waals surface area contributed by atoms with Crippen molar-refractivity contribution in [3.05, 3.63) is 53.2 Å². The Balaban J connectivity index is 2.54. The number of rotatable bonds is 6. The molecule has 3 N–H and O–H groups in total. The molecule has 0 saturated carbocycles. The first-order valence-corrected chi connectivity index (χ1v) is 8.86. The molecule has 0 bridgehead atoms. The Bertz CT molecular complexity index is 859. The summed E-state index contributed by atoms with van der Waals surface area (Å²) in [6, 6.07) is 7.37. The second kappa shape index (κ2) is 8.56. The van der Waals surface area contributed by atoms with Gasteiger partial charge in [0.05, 0.1) is 12.3 Å². The maximum Gasteiger partial charge on any atom is 0.573 e. The van der Waals surface area contributed by atoms with Gasteiger partial charge in [-0.15, -0.1) is 13.2 Å². The maximum atomic E-state index is 12.4. The number of anilines is 2. The van der Waals surface area contributed by atoms with Gasteiger partial charge in [0.25, 0.3) is 0 Å². The molecular weight excluding hydrogens is 369 g/mol. The fourth-order valence-electron chi connectivity index (χ4n) is 3.11. The van der Waals surface area contributed by atoms with Crippen molar-refractivity contribution in [1.82, 2.24) is 0 Å². The number of hydrogen-bond acceptors (Lipinski definition) is 4. The molecule has 28 heavy (non-hydrogen) atoms. The number of benzene rings is 2. The number of halogens is 3. The van der Waals surface area contributed by atoms with Crippen molar-refractivity contribution in [2.75, 3.05) is 17.7 Å². The lowest BCUT2D eigenvalue weighted by Gasteiger charge is -2.25. The molecule has 0 amide bonds. The van der Waals surface area contributed by atoms with Gasteiger partial charge < -0.3 is 20.5 Å². The van der Waals surface area contributed by atoms with Gasteiger partial charge >= 0.3 is 6.36 Å². The van der Waals surface area contributed by atoms with Gasteiger partial charge in [0.15, 0.2) is 0 Å². The second-order valence-corrected chi connectivity index (χ2v) is 6.64. The normalized spacial score (nSPS) is 12.2. The third-order valence-corrected chi connectivity index (χ3v) is 4.57. The third kappa shape index (κ3) is 4.98. The molecule has 2 aromatic carbocycles. The third-order valence-electron chi connectivity index (χ3n) is 4.57. The van der Waals surface area contributed by atoms with Crippen molar-refractivity contribution in [2.24, 2.45) is 0 Å². The topological polar surface area (TPSA) is 58.7 Å². The first kappa shape index (κ1) is 21.6. The van der Waals surface area contributed by atoms with Crippen LogP contribution in [-0.4, -0.2) is 18.5 Å². The van der Waals surface area contributed by atoms with Crippen LogP contribution in [0.25, 0.3) is 11.1 Å². The van der Waals surface area contributed by atoms with E-state index in [-0.39, 0.29) is 12.4 Å². The minimum atomic E-state index is -4.73. The molecule has 0 saturated heterocycles. The second-order valence-electron chi connectivity index (χ2n) is 6.64. The average molecular weight is 394 g/mol. The number of aliphatic hydroxyl groups excluding tert-OH is 1. The smallest absolute Gasteiger partial charge is 0.406 e. The van der Waals surface area contributed by atoms with Gasteiger partial charge in [0.1, 0.15) is 5.75 Å². The number of aliphatic hydroxyl groups is 1. The number of nitrogens with two attached hydrogens (primary N) is 1. The maximum absolute atomic E-state index is 12.4. The van der Waals surface area contributed by atoms with Crippen molar-refractivity contribution >= 4 is 11.4 Å². The Morgan fingerprint density at radius 3 is 2.36 bits per heavy atom. The van der Waals surface area contributed by atoms with Crippen LogP contribution in [0.1, 0.15) is 31.4 Å². The highest BCUT2D eigenvalue weighted by molar-refractivity contribution is 5.82. The molecule has 0 aliphatic carbocycles. The molecule has 0 spiro atoms. The Labute approximate surface area is 163 Å². The fraction of sp³-hybridized carbons (Fsp3) is 0.333. The first-order chi connectivity index (χ1) is 13.1. The van der Waals surface area contributed by atoms with E-state index in [1.807, 2.05) is 32.0 Å². The Morgan fingerprint density at radius 1 is 1.25 bits per heavy atom. The minimum absolute atomic E-state index is 0.218. The lowest BCUT2D eigenvalue weighted by atomic mass is 9.94. The first-order valence-electron chi connectivity index (χ1n) is 8.86. The van der Waals surface area contributed by atoms with Gasteiger partial charge in [0.2, 0.25) is 0 Å². The van der Waals surface area contributed by atoms with E-state index in [0.717, 1.165) is 28.8 Å². The number of nitrogen functional groups attached to an aromatic ring is 1. The molecule has 0 unspecified atom stereocenters. The van der Waals surface area contributed by atoms with Crippen LogP contribution in [0.5, 0.6) is 5.75 Å². The van der Waals surface area contributed by atoms with Crippen LogP contribution in [0, 0.1) is 6.92 Å². The SMILES string of the molecule is CC/C(C)=C/N(C)c1c(C)c(-c2ccc(OC(F)(F)F)cc2)cc(N)c1CO. The number of ether oxygens (including phenoxy) is 1. The lowest BCUT2D eigenvalue weighted by molar-refractivity contribution is -0.274. The standard InChI is InChI=1S/C21H25F3N2O2/c1-5-13(2)11-26(4)20-14(3)17(10-19(25)18(20)12-27)15-6-8-16(9-7-15)28-21(22,23)24/h6-11,27H,5,12,25H2,1-4H3/b13-11+. The van der Waals surface area contributed by atoms with E-state index in [1.165, 1.54) is 12.1 Å². The van der Waals surface area contributed by atoms with Gasteiger partial charge in [-0.3, -0.25) is 0 Å². The predicted molar refractivity (Wildman–Crippen MR) is 106 cm³/mol. The van der Waals surface area contributed by atoms with E-state index in [0.29, 0.717) is 16.8 Å². The Morgan fingerprint density at radius 2 is 1.86 bits per heavy atom. The van der Waals surface area contributed by atoms with E-state index in [1.54, 1.807) is 18.2 Å². The zero-order chi connectivity index (χ0) is 21.1. The highest BCUT2D eigenvalue weighted by atomic mass is 19.4. The highest BCUT2D eigenvalue weighted by Gasteiger charge is 2.31. The van der Waals surface area contributed by atoms with Gasteiger partial charge in [-0.2, -0.15) is 0 Å². The number of allylic oxidation sites excluding steroid dienone is 1. The molecule has 152 valence electrons. The Kier molecular flexibility index (Phi) is 6.61. The predicted octanol–water partition coefficient (Wildman–Crippen LogP) is 5.39. The molecule has 0 atom stereocenters. The van der Waals surface area contributed by atoms with Gasteiger partial charge in [-0.05, 0) is 55.2 Å². The summed E-state index contributed by atoms with van der Waals surface area (Å²) in [4.78, 5) is 1.92. The van der Waals surface area contributed by atoms with Crippen LogP contribution in [0.4, 0.5) is 24.5 Å². The quantitative estimate of drug-likeness (QED) is 0.646. The monoisotopic (exact) mass is 394 g/mol. The molecule has 0 aromatic heterocycles. The summed E-state index contributed by atoms with van der Waals surface area (Å²) in [6.07, 6.45) is -1.87. The zero-order valence-electron chi connectivity index (χ0n) is 16.4. The van der Waals surface area contributed by atoms with Crippen molar-refractivity contribution in [2.45, 2.75) is 40.2 Å². The van der Waals surface area contributed by atoms with Crippen LogP contribution in [0.3, 0.4) is 0 Å². The summed E-state index contributed by atoms with van der Waals surface area (Å²) in [6.45, 7) is 5.74. The summed E-state index contributed by atoms with van der Waals surface area (Å²) in [7, 11) is 1.88. The summed E-state index contributed by atoms with van der Waals surface area (Å²) in [5, 5.41) is 9.82. The van der Waals surface area contributed by atoms with E-state index in [2.05, 4.69) is 11.7 Å². The van der Waals surface area contributed by atoms with E-state index < -0.39 is 6.36 Å². The number of alkyl halides is 3. The summed E-state index contributed by atoms with van der Waals surface area (Å²) < 4.78 is 41.0. The van der Waals surface area contributed by atoms with Gasteiger partial charge in [0, 0.05) is 24.5 Å². The van der Waals surface area contributed by atoms with Crippen LogP contribution in [0.2, 0.25) is 0 Å². The molecule has 7 heteroatoms. The fourth-order valence-corrected chi connectivity index (χ4v) is 3.11. The molecule has 2 rings (SSSR count). The van der Waals surface area contributed by atoms with E-state index in [9.17, 15) is 18.3 Å². The van der Waals surface area contributed by atoms with Crippen molar-refractivity contribution in [3.8, 4) is 16.9 Å². The summed E-state index contributed by atoms with van der Waals surface area (Å²) in [5.74, 6) is -0.285. The number of hydrogen-bond donors (Lipinski definition) is 2. The molecule has 0 radical (unpaired) electrons. The molecule has 0 fully saturated rings. The van der Waals surface area contributed by atoms with Crippen LogP contribution >= 0.6 is 0 Å². The van der Waals surface area contributed by atoms with Crippen molar-refractivity contribution in [3.63, 3.8) is 0 Å². The average Bonchev–Trinajstić information content (AvgIpc) is 2.62. The van der Waals surface area contributed by atoms with Gasteiger partial charge in [-0.1, -0.05) is 24.6 Å². The van der Waals surface area contributed by atoms with Crippen LogP contribution in [-0.2, 0) is 6.61 Å². The molecule has 0 aliphatic rings. The largest absolute Gasteiger partial charge is 0.573 e. The van der Waals surface area contributed by atoms with Gasteiger partial charge in [-0.25, -0.2) is 0 Å². The lowest BCUT2D eigenvalue weighted by Crippen LogP contribution is -2.17. The Hall–Kier alpha value is -2.67. The molecule has 4 nitrogen and oxygen atoms in total. The molecule has 0 aliphatic heterocycles. The molecule has 2 aromatic rings. The van der Waals surface area contributed by atoms with Crippen molar-refractivity contribution in [1.29, 1.82) is 0 Å². The van der Waals surface area contributed by atoms with Crippen molar-refractivity contribution < 1.29 is 23.0 Å². The minimum Gasteiger partial charge on any atom is -0.406 e. The van der Waals surface area contributed by atoms with E-state index in [4.69, 9.17) is 5.73 Å². The highest BCUT2D eigenvalue weighted by Crippen LogP contribution is 2.38. The summed E-state index contributed by atoms with van der Waals surface area (Å²) in [5.41, 5.74) is 11.5. The molecular formula is C21H25F3N2O2. The van der Waals surface area contributed by atoms with E-state index >= 15 is 0 Å². The van der Waals surface area contributed by atoms with Crippen LogP contribution in [0.15, 0.2) is 42.1 Å². The zero-order valence-corrected chi connectivity index (χ0v) is 16.4.